The first-order valence-corrected chi connectivity index (χ1v) is 17.9. The summed E-state index contributed by atoms with van der Waals surface area (Å²) in [6, 6.07) is 63.5. The summed E-state index contributed by atoms with van der Waals surface area (Å²) in [4.78, 5) is 12.0. The molecule has 0 N–H and O–H groups in total. The van der Waals surface area contributed by atoms with Crippen LogP contribution in [0.5, 0.6) is 0 Å². The lowest BCUT2D eigenvalue weighted by Crippen LogP contribution is -2.77. The van der Waals surface area contributed by atoms with Gasteiger partial charge in [0.2, 0.25) is 0 Å². The number of aromatic nitrogens is 3. The van der Waals surface area contributed by atoms with E-state index < -0.39 is 8.07 Å². The number of benzene rings is 6. The van der Waals surface area contributed by atoms with Crippen LogP contribution in [0, 0.1) is 0 Å². The van der Waals surface area contributed by atoms with Gasteiger partial charge in [-0.3, -0.25) is 4.57 Å². The Bertz CT molecular complexity index is 2260. The van der Waals surface area contributed by atoms with Crippen LogP contribution in [0.3, 0.4) is 0 Å². The van der Waals surface area contributed by atoms with Gasteiger partial charge in [-0.05, 0) is 81.4 Å². The molecular weight excluding hydrogens is 589 g/mol. The van der Waals surface area contributed by atoms with E-state index in [1.807, 2.05) is 12.1 Å². The highest BCUT2D eigenvalue weighted by Crippen LogP contribution is 2.39. The van der Waals surface area contributed by atoms with E-state index in [-0.39, 0.29) is 0 Å². The van der Waals surface area contributed by atoms with E-state index in [0.717, 1.165) is 33.9 Å². The molecule has 5 heteroatoms. The van der Waals surface area contributed by atoms with Crippen LogP contribution in [0.4, 0.5) is 17.1 Å². The van der Waals surface area contributed by atoms with Crippen molar-refractivity contribution in [2.24, 2.45) is 0 Å². The summed E-state index contributed by atoms with van der Waals surface area (Å²) in [5, 5.41) is 5.54. The number of para-hydroxylation sites is 3. The molecule has 6 aromatic carbocycles. The van der Waals surface area contributed by atoms with Crippen molar-refractivity contribution >= 4 is 57.0 Å². The highest BCUT2D eigenvalue weighted by Gasteiger charge is 2.48. The molecule has 0 amide bonds. The molecule has 9 rings (SSSR count). The highest BCUT2D eigenvalue weighted by atomic mass is 28.3. The fourth-order valence-electron chi connectivity index (χ4n) is 7.39. The standard InChI is InChI=1S/C42H30N4Si/c1-4-15-32(16-5-1)46-38-23-14-30-43-41(38)44-42(46)31-26-28-33(29-27-31)45-36-21-10-12-24-39(36)47(34-17-6-2-7-18-34,35-19-8-3-9-20-35)40-25-13-11-22-37(40)45/h1-30H. The molecule has 0 saturated carbocycles. The van der Waals surface area contributed by atoms with Crippen LogP contribution in [0.2, 0.25) is 0 Å². The maximum Gasteiger partial charge on any atom is 0.184 e. The Morgan fingerprint density at radius 1 is 0.447 bits per heavy atom. The number of rotatable bonds is 5. The van der Waals surface area contributed by atoms with E-state index in [4.69, 9.17) is 4.98 Å². The van der Waals surface area contributed by atoms with E-state index in [2.05, 4.69) is 178 Å². The van der Waals surface area contributed by atoms with Gasteiger partial charge in [-0.15, -0.1) is 0 Å². The van der Waals surface area contributed by atoms with Gasteiger partial charge < -0.3 is 4.90 Å². The molecular formula is C42H30N4Si. The molecule has 0 aliphatic carbocycles. The zero-order valence-electron chi connectivity index (χ0n) is 25.6. The quantitative estimate of drug-likeness (QED) is 0.191. The first-order valence-electron chi connectivity index (χ1n) is 15.9. The lowest BCUT2D eigenvalue weighted by molar-refractivity contribution is 1.10. The van der Waals surface area contributed by atoms with E-state index in [9.17, 15) is 0 Å². The molecule has 0 unspecified atom stereocenters. The van der Waals surface area contributed by atoms with Crippen molar-refractivity contribution in [2.75, 3.05) is 4.90 Å². The minimum Gasteiger partial charge on any atom is -0.311 e. The molecule has 8 aromatic rings. The van der Waals surface area contributed by atoms with Gasteiger partial charge in [-0.1, -0.05) is 115 Å². The number of nitrogens with zero attached hydrogens (tertiary/aromatic N) is 4. The van der Waals surface area contributed by atoms with Crippen molar-refractivity contribution in [3.8, 4) is 17.1 Å². The maximum atomic E-state index is 5.00. The molecule has 222 valence electrons. The zero-order valence-corrected chi connectivity index (χ0v) is 26.6. The van der Waals surface area contributed by atoms with Gasteiger partial charge in [0.15, 0.2) is 13.7 Å². The number of hydrogen-bond acceptors (Lipinski definition) is 3. The summed E-state index contributed by atoms with van der Waals surface area (Å²) < 4.78 is 2.20. The SMILES string of the molecule is c1ccc(-n2c(-c3ccc(N4c5ccccc5[Si](c5ccccc5)(c5ccccc5)c5ccccc54)cc3)nc3ncccc32)cc1. The topological polar surface area (TPSA) is 34.0 Å². The van der Waals surface area contributed by atoms with Crippen LogP contribution >= 0.6 is 0 Å². The van der Waals surface area contributed by atoms with Gasteiger partial charge in [-0.25, -0.2) is 9.97 Å². The summed E-state index contributed by atoms with van der Waals surface area (Å²) in [7, 11) is -2.64. The molecule has 0 bridgehead atoms. The fraction of sp³-hybridized carbons (Fsp3) is 0. The number of hydrogen-bond donors (Lipinski definition) is 0. The van der Waals surface area contributed by atoms with Gasteiger partial charge in [0.25, 0.3) is 0 Å². The van der Waals surface area contributed by atoms with Crippen molar-refractivity contribution in [1.82, 2.24) is 14.5 Å². The molecule has 0 radical (unpaired) electrons. The van der Waals surface area contributed by atoms with E-state index in [1.54, 1.807) is 6.20 Å². The third kappa shape index (κ3) is 4.21. The van der Waals surface area contributed by atoms with Crippen molar-refractivity contribution < 1.29 is 0 Å². The second kappa shape index (κ2) is 11.1. The Balaban J connectivity index is 1.24. The zero-order chi connectivity index (χ0) is 31.2. The highest BCUT2D eigenvalue weighted by molar-refractivity contribution is 7.21. The van der Waals surface area contributed by atoms with E-state index in [0.29, 0.717) is 0 Å². The third-order valence-corrected chi connectivity index (χ3v) is 14.2. The Labute approximate surface area is 274 Å². The van der Waals surface area contributed by atoms with Crippen LogP contribution in [-0.4, -0.2) is 22.6 Å². The molecule has 2 aromatic heterocycles. The first kappa shape index (κ1) is 27.3. The van der Waals surface area contributed by atoms with Crippen LogP contribution in [0.25, 0.3) is 28.2 Å². The monoisotopic (exact) mass is 618 g/mol. The molecule has 0 saturated heterocycles. The largest absolute Gasteiger partial charge is 0.311 e. The first-order chi connectivity index (χ1) is 23.3. The van der Waals surface area contributed by atoms with Crippen molar-refractivity contribution in [3.05, 3.63) is 182 Å². The maximum absolute atomic E-state index is 5.00. The summed E-state index contributed by atoms with van der Waals surface area (Å²) in [6.45, 7) is 0. The van der Waals surface area contributed by atoms with Gasteiger partial charge in [-0.2, -0.15) is 0 Å². The Kier molecular flexibility index (Phi) is 6.44. The number of imidazole rings is 1. The average Bonchev–Trinajstić information content (AvgIpc) is 3.55. The third-order valence-electron chi connectivity index (χ3n) is 9.34. The molecule has 0 atom stereocenters. The Morgan fingerprint density at radius 3 is 1.57 bits per heavy atom. The number of fused-ring (bicyclic) bond motifs is 3. The minimum atomic E-state index is -2.64. The minimum absolute atomic E-state index is 0.734. The van der Waals surface area contributed by atoms with Crippen molar-refractivity contribution in [3.63, 3.8) is 0 Å². The number of anilines is 3. The fourth-order valence-corrected chi connectivity index (χ4v) is 12.5. The van der Waals surface area contributed by atoms with E-state index >= 15 is 0 Å². The van der Waals surface area contributed by atoms with Crippen molar-refractivity contribution in [1.29, 1.82) is 0 Å². The second-order valence-electron chi connectivity index (χ2n) is 11.9. The Morgan fingerprint density at radius 2 is 0.979 bits per heavy atom. The van der Waals surface area contributed by atoms with Gasteiger partial charge in [0.05, 0.1) is 5.52 Å². The van der Waals surface area contributed by atoms with Crippen LogP contribution < -0.4 is 25.6 Å². The summed E-state index contributed by atoms with van der Waals surface area (Å²) in [5.74, 6) is 0.871. The van der Waals surface area contributed by atoms with Gasteiger partial charge >= 0.3 is 0 Å². The van der Waals surface area contributed by atoms with Gasteiger partial charge in [0.1, 0.15) is 5.82 Å². The molecule has 1 aliphatic rings. The molecule has 4 nitrogen and oxygen atoms in total. The predicted octanol–water partition coefficient (Wildman–Crippen LogP) is 7.25. The van der Waals surface area contributed by atoms with Crippen LogP contribution in [0.1, 0.15) is 0 Å². The normalized spacial score (nSPS) is 13.2. The van der Waals surface area contributed by atoms with E-state index in [1.165, 1.54) is 32.1 Å². The lowest BCUT2D eigenvalue weighted by Gasteiger charge is -2.45. The van der Waals surface area contributed by atoms with Crippen molar-refractivity contribution in [2.45, 2.75) is 0 Å². The molecule has 3 heterocycles. The number of pyridine rings is 1. The molecule has 1 aliphatic heterocycles. The summed E-state index contributed by atoms with van der Waals surface area (Å²) in [6.07, 6.45) is 1.80. The lowest BCUT2D eigenvalue weighted by atomic mass is 10.1. The van der Waals surface area contributed by atoms with Crippen LogP contribution in [0.15, 0.2) is 182 Å². The smallest absolute Gasteiger partial charge is 0.184 e. The second-order valence-corrected chi connectivity index (χ2v) is 15.6. The Hall–Kier alpha value is -6.04. The van der Waals surface area contributed by atoms with Gasteiger partial charge in [0, 0.05) is 34.5 Å². The summed E-state index contributed by atoms with van der Waals surface area (Å²) >= 11 is 0. The molecule has 0 fully saturated rings. The van der Waals surface area contributed by atoms with Crippen LogP contribution in [-0.2, 0) is 0 Å². The molecule has 0 spiro atoms. The average molecular weight is 619 g/mol. The summed E-state index contributed by atoms with van der Waals surface area (Å²) in [5.41, 5.74) is 7.36. The molecule has 47 heavy (non-hydrogen) atoms. The predicted molar refractivity (Wildman–Crippen MR) is 196 cm³/mol.